The predicted molar refractivity (Wildman–Crippen MR) is 85.5 cm³/mol. The minimum absolute atomic E-state index is 0.399. The summed E-state index contributed by atoms with van der Waals surface area (Å²) >= 11 is 1.31. The van der Waals surface area contributed by atoms with Crippen molar-refractivity contribution in [3.63, 3.8) is 0 Å². The molecule has 4 nitrogen and oxygen atoms in total. The normalized spacial score (nSPS) is 12.2. The summed E-state index contributed by atoms with van der Waals surface area (Å²) in [7, 11) is -3.36. The monoisotopic (exact) mass is 318 g/mol. The third-order valence-corrected chi connectivity index (χ3v) is 6.91. The molecule has 1 aromatic rings. The molecule has 1 rings (SSSR count). The quantitative estimate of drug-likeness (QED) is 0.761. The molecule has 2 N–H and O–H groups in total. The van der Waals surface area contributed by atoms with Crippen LogP contribution in [0.25, 0.3) is 0 Å². The maximum Gasteiger partial charge on any atom is 0.252 e. The van der Waals surface area contributed by atoms with Crippen molar-refractivity contribution in [2.45, 2.75) is 57.2 Å². The molecular formula is C14H26N2O2S2. The summed E-state index contributed by atoms with van der Waals surface area (Å²) < 4.78 is 27.5. The zero-order valence-electron chi connectivity index (χ0n) is 12.7. The molecule has 0 bridgehead atoms. The van der Waals surface area contributed by atoms with Crippen LogP contribution in [0.4, 0.5) is 0 Å². The van der Waals surface area contributed by atoms with Gasteiger partial charge in [0.1, 0.15) is 4.21 Å². The van der Waals surface area contributed by atoms with Crippen LogP contribution in [0.3, 0.4) is 0 Å². The summed E-state index contributed by atoms with van der Waals surface area (Å²) in [6, 6.07) is 1.76. The number of nitrogens with two attached hydrogens (primary N) is 1. The first-order valence-electron chi connectivity index (χ1n) is 7.26. The van der Waals surface area contributed by atoms with Crippen molar-refractivity contribution in [2.75, 3.05) is 13.1 Å². The minimum atomic E-state index is -3.36. The van der Waals surface area contributed by atoms with Gasteiger partial charge in [0.25, 0.3) is 10.0 Å². The molecule has 0 atom stereocenters. The number of unbranched alkanes of at least 4 members (excludes halogenated alkanes) is 2. The van der Waals surface area contributed by atoms with Crippen LogP contribution in [0.15, 0.2) is 10.3 Å². The molecule has 20 heavy (non-hydrogen) atoms. The molecule has 0 aliphatic heterocycles. The predicted octanol–water partition coefficient (Wildman–Crippen LogP) is 3.11. The first-order valence-corrected chi connectivity index (χ1v) is 9.52. The Labute approximate surface area is 127 Å². The van der Waals surface area contributed by atoms with E-state index in [1.54, 1.807) is 10.4 Å². The summed E-state index contributed by atoms with van der Waals surface area (Å²) in [5.74, 6) is 0. The fraction of sp³-hybridized carbons (Fsp3) is 0.714. The molecule has 0 saturated heterocycles. The van der Waals surface area contributed by atoms with Crippen LogP contribution in [0.5, 0.6) is 0 Å². The van der Waals surface area contributed by atoms with Crippen molar-refractivity contribution in [1.82, 2.24) is 4.31 Å². The minimum Gasteiger partial charge on any atom is -0.326 e. The highest BCUT2D eigenvalue weighted by atomic mass is 32.2. The highest BCUT2D eigenvalue weighted by molar-refractivity contribution is 7.91. The zero-order chi connectivity index (χ0) is 15.2. The van der Waals surface area contributed by atoms with Crippen LogP contribution in [0.1, 0.15) is 50.0 Å². The molecular weight excluding hydrogens is 292 g/mol. The number of thiophene rings is 1. The van der Waals surface area contributed by atoms with E-state index in [2.05, 4.69) is 13.8 Å². The van der Waals surface area contributed by atoms with Crippen LogP contribution in [0, 0.1) is 6.92 Å². The summed E-state index contributed by atoms with van der Waals surface area (Å²) in [6.45, 7) is 7.68. The van der Waals surface area contributed by atoms with Gasteiger partial charge in [-0.2, -0.15) is 4.31 Å². The fourth-order valence-corrected chi connectivity index (χ4v) is 5.11. The molecule has 116 valence electrons. The van der Waals surface area contributed by atoms with E-state index in [9.17, 15) is 8.42 Å². The number of aryl methyl sites for hydroxylation is 1. The molecule has 0 aromatic carbocycles. The second kappa shape index (κ2) is 8.12. The molecule has 0 amide bonds. The van der Waals surface area contributed by atoms with E-state index >= 15 is 0 Å². The largest absolute Gasteiger partial charge is 0.326 e. The number of hydrogen-bond acceptors (Lipinski definition) is 4. The van der Waals surface area contributed by atoms with Crippen LogP contribution >= 0.6 is 11.3 Å². The molecule has 1 aromatic heterocycles. The van der Waals surface area contributed by atoms with E-state index in [4.69, 9.17) is 5.73 Å². The molecule has 0 aliphatic carbocycles. The third kappa shape index (κ3) is 4.28. The second-order valence-corrected chi connectivity index (χ2v) is 8.29. The van der Waals surface area contributed by atoms with Gasteiger partial charge in [0, 0.05) is 24.5 Å². The molecule has 0 fully saturated rings. The lowest BCUT2D eigenvalue weighted by Gasteiger charge is -2.20. The van der Waals surface area contributed by atoms with E-state index in [1.165, 1.54) is 11.3 Å². The van der Waals surface area contributed by atoms with E-state index < -0.39 is 10.0 Å². The number of nitrogens with zero attached hydrogens (tertiary/aromatic N) is 1. The van der Waals surface area contributed by atoms with E-state index in [0.29, 0.717) is 23.8 Å². The van der Waals surface area contributed by atoms with Gasteiger partial charge < -0.3 is 5.73 Å². The second-order valence-electron chi connectivity index (χ2n) is 4.99. The lowest BCUT2D eigenvalue weighted by Crippen LogP contribution is -2.32. The average Bonchev–Trinajstić information content (AvgIpc) is 2.80. The highest BCUT2D eigenvalue weighted by Gasteiger charge is 2.26. The summed E-state index contributed by atoms with van der Waals surface area (Å²) in [5.41, 5.74) is 6.62. The van der Waals surface area contributed by atoms with E-state index in [-0.39, 0.29) is 0 Å². The van der Waals surface area contributed by atoms with Crippen LogP contribution in [0.2, 0.25) is 0 Å². The van der Waals surface area contributed by atoms with Crippen molar-refractivity contribution < 1.29 is 8.42 Å². The van der Waals surface area contributed by atoms with Crippen molar-refractivity contribution in [1.29, 1.82) is 0 Å². The van der Waals surface area contributed by atoms with Crippen molar-refractivity contribution >= 4 is 21.4 Å². The Kier molecular flexibility index (Phi) is 7.15. The van der Waals surface area contributed by atoms with E-state index in [0.717, 1.165) is 36.1 Å². The Morgan fingerprint density at radius 2 is 1.75 bits per heavy atom. The Balaban J connectivity index is 3.00. The van der Waals surface area contributed by atoms with Gasteiger partial charge in [-0.1, -0.05) is 26.7 Å². The molecule has 0 saturated carbocycles. The van der Waals surface area contributed by atoms with Gasteiger partial charge in [-0.05, 0) is 31.4 Å². The van der Waals surface area contributed by atoms with Gasteiger partial charge in [-0.15, -0.1) is 11.3 Å². The summed E-state index contributed by atoms with van der Waals surface area (Å²) in [6.07, 6.45) is 3.79. The summed E-state index contributed by atoms with van der Waals surface area (Å²) in [4.78, 5) is 0.953. The van der Waals surface area contributed by atoms with Gasteiger partial charge in [0.05, 0.1) is 0 Å². The lowest BCUT2D eigenvalue weighted by atomic mass is 10.3. The fourth-order valence-electron chi connectivity index (χ4n) is 1.97. The van der Waals surface area contributed by atoms with Gasteiger partial charge >= 0.3 is 0 Å². The van der Waals surface area contributed by atoms with Gasteiger partial charge in [0.15, 0.2) is 0 Å². The molecule has 0 spiro atoms. The SMILES string of the molecule is CCCCN(CCCC)S(=O)(=O)c1cc(C)c(CN)s1. The van der Waals surface area contributed by atoms with Crippen LogP contribution < -0.4 is 5.73 Å². The number of hydrogen-bond donors (Lipinski definition) is 1. The van der Waals surface area contributed by atoms with Crippen molar-refractivity contribution in [3.05, 3.63) is 16.5 Å². The first kappa shape index (κ1) is 17.6. The van der Waals surface area contributed by atoms with Crippen molar-refractivity contribution in [3.8, 4) is 0 Å². The Bertz CT molecular complexity index is 501. The first-order chi connectivity index (χ1) is 9.47. The smallest absolute Gasteiger partial charge is 0.252 e. The number of sulfonamides is 1. The zero-order valence-corrected chi connectivity index (χ0v) is 14.3. The third-order valence-electron chi connectivity index (χ3n) is 3.30. The maximum atomic E-state index is 12.7. The number of rotatable bonds is 9. The van der Waals surface area contributed by atoms with Gasteiger partial charge in [0.2, 0.25) is 0 Å². The Morgan fingerprint density at radius 1 is 1.20 bits per heavy atom. The maximum absolute atomic E-state index is 12.7. The molecule has 1 heterocycles. The standard InChI is InChI=1S/C14H26N2O2S2/c1-4-6-8-16(9-7-5-2)20(17,18)14-10-12(3)13(11-15)19-14/h10H,4-9,11,15H2,1-3H3. The topological polar surface area (TPSA) is 63.4 Å². The molecule has 0 unspecified atom stereocenters. The van der Waals surface area contributed by atoms with Crippen LogP contribution in [-0.4, -0.2) is 25.8 Å². The molecule has 0 radical (unpaired) electrons. The Morgan fingerprint density at radius 3 is 2.15 bits per heavy atom. The van der Waals surface area contributed by atoms with E-state index in [1.807, 2.05) is 6.92 Å². The average molecular weight is 319 g/mol. The van der Waals surface area contributed by atoms with Gasteiger partial charge in [-0.3, -0.25) is 0 Å². The van der Waals surface area contributed by atoms with Gasteiger partial charge in [-0.25, -0.2) is 8.42 Å². The molecule has 0 aliphatic rings. The molecule has 6 heteroatoms. The van der Waals surface area contributed by atoms with Crippen molar-refractivity contribution in [2.24, 2.45) is 5.73 Å². The van der Waals surface area contributed by atoms with Crippen LogP contribution in [-0.2, 0) is 16.6 Å². The lowest BCUT2D eigenvalue weighted by molar-refractivity contribution is 0.396. The summed E-state index contributed by atoms with van der Waals surface area (Å²) in [5, 5.41) is 0. The Hall–Kier alpha value is -0.430. The highest BCUT2D eigenvalue weighted by Crippen LogP contribution is 2.28.